The van der Waals surface area contributed by atoms with Gasteiger partial charge in [-0.2, -0.15) is 0 Å². The Labute approximate surface area is 81.3 Å². The molecule has 14 heavy (non-hydrogen) atoms. The Morgan fingerprint density at radius 3 is 2.86 bits per heavy atom. The number of nitrogens with one attached hydrogen (secondary N) is 1. The van der Waals surface area contributed by atoms with E-state index in [2.05, 4.69) is 17.2 Å². The zero-order chi connectivity index (χ0) is 10.6. The van der Waals surface area contributed by atoms with Gasteiger partial charge in [0.2, 0.25) is 0 Å². The molecule has 0 aliphatic carbocycles. The topological polar surface area (TPSA) is 94.1 Å². The summed E-state index contributed by atoms with van der Waals surface area (Å²) < 4.78 is 0. The third-order valence-electron chi connectivity index (χ3n) is 1.60. The number of nitro groups is 1. The molecule has 0 aliphatic rings. The maximum atomic E-state index is 10.3. The third-order valence-corrected chi connectivity index (χ3v) is 1.60. The molecule has 6 heteroatoms. The van der Waals surface area contributed by atoms with E-state index < -0.39 is 4.92 Å². The summed E-state index contributed by atoms with van der Waals surface area (Å²) in [6.45, 7) is 3.60. The van der Waals surface area contributed by atoms with Gasteiger partial charge in [0.1, 0.15) is 12.0 Å². The number of anilines is 1. The molecule has 0 bridgehead atoms. The molecule has 0 aromatic carbocycles. The van der Waals surface area contributed by atoms with Crippen molar-refractivity contribution in [1.82, 2.24) is 4.98 Å². The first-order chi connectivity index (χ1) is 6.63. The molecular weight excluding hydrogens is 184 g/mol. The van der Waals surface area contributed by atoms with Gasteiger partial charge < -0.3 is 11.1 Å². The summed E-state index contributed by atoms with van der Waals surface area (Å²) >= 11 is 0. The van der Waals surface area contributed by atoms with Crippen molar-refractivity contribution in [1.29, 1.82) is 0 Å². The lowest BCUT2D eigenvalue weighted by molar-refractivity contribution is -0.385. The van der Waals surface area contributed by atoms with Gasteiger partial charge in [-0.1, -0.05) is 0 Å². The van der Waals surface area contributed by atoms with Crippen LogP contribution in [0.2, 0.25) is 0 Å². The van der Waals surface area contributed by atoms with Crippen LogP contribution in [0.1, 0.15) is 6.42 Å². The smallest absolute Gasteiger partial charge is 0.287 e. The van der Waals surface area contributed by atoms with E-state index in [0.717, 1.165) is 0 Å². The normalized spacial score (nSPS) is 12.1. The van der Waals surface area contributed by atoms with Crippen molar-refractivity contribution in [2.24, 2.45) is 5.73 Å². The van der Waals surface area contributed by atoms with Gasteiger partial charge in [-0.15, -0.1) is 0 Å². The average molecular weight is 195 g/mol. The first-order valence-corrected chi connectivity index (χ1v) is 4.05. The lowest BCUT2D eigenvalue weighted by Gasteiger charge is -2.10. The van der Waals surface area contributed by atoms with Gasteiger partial charge in [0.15, 0.2) is 0 Å². The van der Waals surface area contributed by atoms with Crippen LogP contribution in [0.25, 0.3) is 0 Å². The maximum absolute atomic E-state index is 10.3. The predicted molar refractivity (Wildman–Crippen MR) is 52.5 cm³/mol. The van der Waals surface area contributed by atoms with Gasteiger partial charge in [0, 0.05) is 6.07 Å². The van der Waals surface area contributed by atoms with E-state index in [0.29, 0.717) is 12.2 Å². The molecule has 1 heterocycles. The summed E-state index contributed by atoms with van der Waals surface area (Å²) in [7, 11) is 0. The average Bonchev–Trinajstić information content (AvgIpc) is 2.18. The van der Waals surface area contributed by atoms with Crippen molar-refractivity contribution in [3.63, 3.8) is 0 Å². The fourth-order valence-corrected chi connectivity index (χ4v) is 0.842. The van der Waals surface area contributed by atoms with Crippen molar-refractivity contribution in [3.8, 4) is 0 Å². The van der Waals surface area contributed by atoms with Crippen LogP contribution >= 0.6 is 0 Å². The van der Waals surface area contributed by atoms with Gasteiger partial charge in [0.25, 0.3) is 5.69 Å². The van der Waals surface area contributed by atoms with E-state index in [1.54, 1.807) is 0 Å². The maximum Gasteiger partial charge on any atom is 0.287 e. The molecule has 0 aliphatic heterocycles. The molecule has 0 saturated carbocycles. The van der Waals surface area contributed by atoms with E-state index >= 15 is 0 Å². The van der Waals surface area contributed by atoms with E-state index in [9.17, 15) is 10.1 Å². The molecule has 1 radical (unpaired) electrons. The van der Waals surface area contributed by atoms with Crippen molar-refractivity contribution >= 4 is 11.5 Å². The molecule has 1 unspecified atom stereocenters. The Bertz CT molecular complexity index is 312. The second kappa shape index (κ2) is 4.52. The van der Waals surface area contributed by atoms with Gasteiger partial charge in [-0.3, -0.25) is 10.1 Å². The molecule has 6 nitrogen and oxygen atoms in total. The molecule has 1 rings (SSSR count). The second-order valence-electron chi connectivity index (χ2n) is 2.70. The van der Waals surface area contributed by atoms with Crippen LogP contribution in [0.3, 0.4) is 0 Å². The third kappa shape index (κ3) is 2.67. The first kappa shape index (κ1) is 10.4. The summed E-state index contributed by atoms with van der Waals surface area (Å²) in [4.78, 5) is 13.6. The molecule has 75 valence electrons. The summed E-state index contributed by atoms with van der Waals surface area (Å²) in [5.41, 5.74) is 5.51. The number of pyridine rings is 1. The molecule has 3 N–H and O–H groups in total. The fraction of sp³-hybridized carbons (Fsp3) is 0.250. The van der Waals surface area contributed by atoms with Crippen molar-refractivity contribution in [2.45, 2.75) is 12.6 Å². The van der Waals surface area contributed by atoms with Crippen LogP contribution in [0.4, 0.5) is 11.5 Å². The van der Waals surface area contributed by atoms with Gasteiger partial charge >= 0.3 is 0 Å². The van der Waals surface area contributed by atoms with Gasteiger partial charge in [-0.05, 0) is 19.4 Å². The molecule has 1 aromatic rings. The molecule has 1 aromatic heterocycles. The number of nitrogens with zero attached hydrogens (tertiary/aromatic N) is 2. The highest BCUT2D eigenvalue weighted by atomic mass is 16.6. The van der Waals surface area contributed by atoms with Crippen LogP contribution in [0.5, 0.6) is 0 Å². The highest BCUT2D eigenvalue weighted by Crippen LogP contribution is 2.11. The van der Waals surface area contributed by atoms with E-state index in [1.807, 2.05) is 0 Å². The minimum Gasteiger partial charge on any atom is -0.355 e. The molecule has 1 atom stereocenters. The van der Waals surface area contributed by atoms with Gasteiger partial charge in [0.05, 0.1) is 11.1 Å². The van der Waals surface area contributed by atoms with E-state index in [1.165, 1.54) is 18.3 Å². The lowest BCUT2D eigenvalue weighted by Crippen LogP contribution is -2.28. The summed E-state index contributed by atoms with van der Waals surface area (Å²) in [6.07, 6.45) is 1.40. The van der Waals surface area contributed by atoms with Crippen LogP contribution < -0.4 is 11.1 Å². The SMILES string of the molecule is [CH2]CC(N)Nc1ccc([N+](=O)[O-])cn1. The number of hydrogen-bond acceptors (Lipinski definition) is 5. The number of rotatable bonds is 4. The van der Waals surface area contributed by atoms with E-state index in [4.69, 9.17) is 5.73 Å². The number of aromatic nitrogens is 1. The first-order valence-electron chi connectivity index (χ1n) is 4.05. The Kier molecular flexibility index (Phi) is 3.35. The second-order valence-corrected chi connectivity index (χ2v) is 2.70. The minimum absolute atomic E-state index is 0.0428. The Morgan fingerprint density at radius 1 is 1.71 bits per heavy atom. The Hall–Kier alpha value is -1.69. The monoisotopic (exact) mass is 195 g/mol. The van der Waals surface area contributed by atoms with Crippen LogP contribution in [0.15, 0.2) is 18.3 Å². The van der Waals surface area contributed by atoms with Crippen molar-refractivity contribution in [3.05, 3.63) is 35.4 Å². The largest absolute Gasteiger partial charge is 0.355 e. The van der Waals surface area contributed by atoms with Crippen LogP contribution in [-0.2, 0) is 0 Å². The Morgan fingerprint density at radius 2 is 2.43 bits per heavy atom. The molecular formula is C8H11N4O2. The highest BCUT2D eigenvalue weighted by Gasteiger charge is 2.05. The zero-order valence-corrected chi connectivity index (χ0v) is 7.51. The lowest BCUT2D eigenvalue weighted by atomic mass is 10.3. The predicted octanol–water partition coefficient (Wildman–Crippen LogP) is 0.911. The number of nitrogens with two attached hydrogens (primary N) is 1. The number of hydrogen-bond donors (Lipinski definition) is 2. The standard InChI is InChI=1S/C8H11N4O2/c1-2-7(9)11-8-4-3-6(5-10-8)12(13)14/h3-5,7H,1-2,9H2,(H,10,11). The molecule has 0 fully saturated rings. The van der Waals surface area contributed by atoms with Crippen molar-refractivity contribution in [2.75, 3.05) is 5.32 Å². The van der Waals surface area contributed by atoms with Crippen LogP contribution in [0, 0.1) is 17.0 Å². The zero-order valence-electron chi connectivity index (χ0n) is 7.51. The van der Waals surface area contributed by atoms with E-state index in [-0.39, 0.29) is 11.9 Å². The molecule has 0 spiro atoms. The Balaban J connectivity index is 2.68. The quantitative estimate of drug-likeness (QED) is 0.423. The molecule has 0 saturated heterocycles. The van der Waals surface area contributed by atoms with Gasteiger partial charge in [-0.25, -0.2) is 4.98 Å². The summed E-state index contributed by atoms with van der Waals surface area (Å²) in [5.74, 6) is 0.506. The van der Waals surface area contributed by atoms with Crippen molar-refractivity contribution < 1.29 is 4.92 Å². The van der Waals surface area contributed by atoms with Crippen LogP contribution in [-0.4, -0.2) is 16.1 Å². The molecule has 0 amide bonds. The summed E-state index contributed by atoms with van der Waals surface area (Å²) in [6, 6.07) is 2.87. The summed E-state index contributed by atoms with van der Waals surface area (Å²) in [5, 5.41) is 13.1. The highest BCUT2D eigenvalue weighted by molar-refractivity contribution is 5.40. The minimum atomic E-state index is -0.502. The fourth-order valence-electron chi connectivity index (χ4n) is 0.842.